The smallest absolute Gasteiger partial charge is 0.251 e. The molecule has 0 unspecified atom stereocenters. The fourth-order valence-electron chi connectivity index (χ4n) is 1.49. The highest BCUT2D eigenvalue weighted by Gasteiger charge is 2.08. The zero-order valence-corrected chi connectivity index (χ0v) is 11.4. The quantitative estimate of drug-likeness (QED) is 0.388. The molecule has 0 spiro atoms. The minimum absolute atomic E-state index is 0.132. The van der Waals surface area contributed by atoms with Crippen LogP contribution in [0.5, 0.6) is 5.75 Å². The maximum Gasteiger partial charge on any atom is 0.251 e. The van der Waals surface area contributed by atoms with Crippen molar-refractivity contribution in [2.45, 2.75) is 6.92 Å². The van der Waals surface area contributed by atoms with Gasteiger partial charge in [-0.3, -0.25) is 9.59 Å². The highest BCUT2D eigenvalue weighted by atomic mass is 16.5. The van der Waals surface area contributed by atoms with Crippen molar-refractivity contribution in [3.8, 4) is 5.75 Å². The Hall–Kier alpha value is -2.50. The minimum Gasteiger partial charge on any atom is -0.487 e. The lowest BCUT2D eigenvalue weighted by Crippen LogP contribution is -2.33. The van der Waals surface area contributed by atoms with Gasteiger partial charge in [-0.15, -0.1) is 0 Å². The summed E-state index contributed by atoms with van der Waals surface area (Å²) in [6, 6.07) is 4.82. The first-order valence-electron chi connectivity index (χ1n) is 6.20. The molecule has 0 aliphatic rings. The molecular formula is C14H19N3O3. The van der Waals surface area contributed by atoms with Crippen LogP contribution in [-0.2, 0) is 4.79 Å². The van der Waals surface area contributed by atoms with Crippen molar-refractivity contribution in [1.82, 2.24) is 10.6 Å². The molecular weight excluding hydrogens is 258 g/mol. The van der Waals surface area contributed by atoms with Crippen LogP contribution in [0.3, 0.4) is 0 Å². The number of nitrogen functional groups attached to an aromatic ring is 1. The minimum atomic E-state index is -0.252. The zero-order chi connectivity index (χ0) is 15.0. The van der Waals surface area contributed by atoms with Crippen molar-refractivity contribution in [3.05, 3.63) is 36.4 Å². The summed E-state index contributed by atoms with van der Waals surface area (Å²) in [5, 5.41) is 5.27. The standard InChI is InChI=1S/C14H19N3O3/c1-3-8-20-13-5-4-11(9-12(13)15)14(19)17-7-6-16-10(2)18/h3-5,9H,1,6-8,15H2,2H3,(H,16,18)(H,17,19). The molecule has 0 bridgehead atoms. The van der Waals surface area contributed by atoms with Crippen LogP contribution in [0.4, 0.5) is 5.69 Å². The van der Waals surface area contributed by atoms with Crippen LogP contribution in [-0.4, -0.2) is 31.5 Å². The number of ether oxygens (including phenoxy) is 1. The first-order chi connectivity index (χ1) is 9.54. The summed E-state index contributed by atoms with van der Waals surface area (Å²) >= 11 is 0. The van der Waals surface area contributed by atoms with E-state index >= 15 is 0 Å². The third kappa shape index (κ3) is 5.01. The van der Waals surface area contributed by atoms with Gasteiger partial charge >= 0.3 is 0 Å². The van der Waals surface area contributed by atoms with Crippen molar-refractivity contribution < 1.29 is 14.3 Å². The van der Waals surface area contributed by atoms with Crippen molar-refractivity contribution >= 4 is 17.5 Å². The largest absolute Gasteiger partial charge is 0.487 e. The Bertz CT molecular complexity index is 500. The molecule has 20 heavy (non-hydrogen) atoms. The molecule has 0 fully saturated rings. The molecule has 0 radical (unpaired) electrons. The fourth-order valence-corrected chi connectivity index (χ4v) is 1.49. The van der Waals surface area contributed by atoms with E-state index in [1.807, 2.05) is 0 Å². The lowest BCUT2D eigenvalue weighted by molar-refractivity contribution is -0.118. The molecule has 1 rings (SSSR count). The van der Waals surface area contributed by atoms with Gasteiger partial charge in [-0.2, -0.15) is 0 Å². The van der Waals surface area contributed by atoms with Gasteiger partial charge in [0.1, 0.15) is 12.4 Å². The number of carbonyl (C=O) groups excluding carboxylic acids is 2. The van der Waals surface area contributed by atoms with Gasteiger partial charge in [-0.25, -0.2) is 0 Å². The van der Waals surface area contributed by atoms with E-state index in [0.717, 1.165) is 0 Å². The number of nitrogens with two attached hydrogens (primary N) is 1. The van der Waals surface area contributed by atoms with Crippen LogP contribution in [0.15, 0.2) is 30.9 Å². The number of benzene rings is 1. The summed E-state index contributed by atoms with van der Waals surface area (Å²) in [4.78, 5) is 22.5. The molecule has 1 aromatic rings. The first-order valence-corrected chi connectivity index (χ1v) is 6.20. The number of hydrogen-bond acceptors (Lipinski definition) is 4. The average Bonchev–Trinajstić information content (AvgIpc) is 2.41. The lowest BCUT2D eigenvalue weighted by atomic mass is 10.1. The van der Waals surface area contributed by atoms with Crippen molar-refractivity contribution in [2.75, 3.05) is 25.4 Å². The molecule has 0 saturated carbocycles. The van der Waals surface area contributed by atoms with E-state index in [0.29, 0.717) is 36.7 Å². The van der Waals surface area contributed by atoms with Gasteiger partial charge in [-0.1, -0.05) is 12.7 Å². The zero-order valence-electron chi connectivity index (χ0n) is 11.4. The summed E-state index contributed by atoms with van der Waals surface area (Å²) < 4.78 is 5.32. The third-order valence-electron chi connectivity index (χ3n) is 2.41. The molecule has 6 nitrogen and oxygen atoms in total. The van der Waals surface area contributed by atoms with Gasteiger partial charge in [0.25, 0.3) is 5.91 Å². The Morgan fingerprint density at radius 3 is 2.65 bits per heavy atom. The molecule has 108 valence electrons. The monoisotopic (exact) mass is 277 g/mol. The number of rotatable bonds is 7. The molecule has 4 N–H and O–H groups in total. The summed E-state index contributed by atoms with van der Waals surface area (Å²) in [7, 11) is 0. The highest BCUT2D eigenvalue weighted by molar-refractivity contribution is 5.95. The predicted octanol–water partition coefficient (Wildman–Crippen LogP) is 0.700. The maximum atomic E-state index is 11.8. The normalized spacial score (nSPS) is 9.65. The van der Waals surface area contributed by atoms with E-state index < -0.39 is 0 Å². The van der Waals surface area contributed by atoms with Crippen LogP contribution >= 0.6 is 0 Å². The van der Waals surface area contributed by atoms with Crippen molar-refractivity contribution in [3.63, 3.8) is 0 Å². The van der Waals surface area contributed by atoms with Gasteiger partial charge in [-0.05, 0) is 18.2 Å². The fraction of sp³-hybridized carbons (Fsp3) is 0.286. The molecule has 0 atom stereocenters. The van der Waals surface area contributed by atoms with Gasteiger partial charge in [0.05, 0.1) is 5.69 Å². The van der Waals surface area contributed by atoms with E-state index in [2.05, 4.69) is 17.2 Å². The van der Waals surface area contributed by atoms with Crippen LogP contribution in [0.2, 0.25) is 0 Å². The topological polar surface area (TPSA) is 93.5 Å². The van der Waals surface area contributed by atoms with E-state index in [-0.39, 0.29) is 11.8 Å². The lowest BCUT2D eigenvalue weighted by Gasteiger charge is -2.09. The second kappa shape index (κ2) is 7.83. The van der Waals surface area contributed by atoms with Gasteiger partial charge < -0.3 is 21.1 Å². The molecule has 0 aromatic heterocycles. The number of carbonyl (C=O) groups is 2. The SMILES string of the molecule is C=CCOc1ccc(C(=O)NCCNC(C)=O)cc1N. The number of amides is 2. The molecule has 0 saturated heterocycles. The van der Waals surface area contributed by atoms with E-state index in [1.54, 1.807) is 24.3 Å². The molecule has 0 aliphatic heterocycles. The highest BCUT2D eigenvalue weighted by Crippen LogP contribution is 2.22. The average molecular weight is 277 g/mol. The van der Waals surface area contributed by atoms with Gasteiger partial charge in [0, 0.05) is 25.6 Å². The van der Waals surface area contributed by atoms with Crippen molar-refractivity contribution in [2.24, 2.45) is 0 Å². The second-order valence-electron chi connectivity index (χ2n) is 4.09. The summed E-state index contributed by atoms with van der Waals surface area (Å²) in [6.45, 7) is 6.06. The Morgan fingerprint density at radius 2 is 2.05 bits per heavy atom. The van der Waals surface area contributed by atoms with Crippen LogP contribution in [0.25, 0.3) is 0 Å². The Kier molecular flexibility index (Phi) is 6.09. The van der Waals surface area contributed by atoms with E-state index in [9.17, 15) is 9.59 Å². The maximum absolute atomic E-state index is 11.8. The van der Waals surface area contributed by atoms with Crippen LogP contribution in [0.1, 0.15) is 17.3 Å². The molecule has 0 heterocycles. The van der Waals surface area contributed by atoms with E-state index in [4.69, 9.17) is 10.5 Å². The second-order valence-corrected chi connectivity index (χ2v) is 4.09. The Morgan fingerprint density at radius 1 is 1.35 bits per heavy atom. The summed E-state index contributed by atoms with van der Waals surface area (Å²) in [5.74, 6) is 0.129. The number of nitrogens with one attached hydrogen (secondary N) is 2. The first kappa shape index (κ1) is 15.6. The van der Waals surface area contributed by atoms with Crippen LogP contribution < -0.4 is 21.1 Å². The Labute approximate surface area is 118 Å². The third-order valence-corrected chi connectivity index (χ3v) is 2.41. The number of anilines is 1. The van der Waals surface area contributed by atoms with E-state index in [1.165, 1.54) is 6.92 Å². The van der Waals surface area contributed by atoms with Gasteiger partial charge in [0.2, 0.25) is 5.91 Å². The molecule has 6 heteroatoms. The Balaban J connectivity index is 2.54. The van der Waals surface area contributed by atoms with Crippen LogP contribution in [0, 0.1) is 0 Å². The molecule has 0 aliphatic carbocycles. The number of hydrogen-bond donors (Lipinski definition) is 3. The molecule has 2 amide bonds. The summed E-state index contributed by atoms with van der Waals surface area (Å²) in [5.41, 5.74) is 6.63. The summed E-state index contributed by atoms with van der Waals surface area (Å²) in [6.07, 6.45) is 1.61. The molecule has 1 aromatic carbocycles. The van der Waals surface area contributed by atoms with Crippen molar-refractivity contribution in [1.29, 1.82) is 0 Å². The predicted molar refractivity (Wildman–Crippen MR) is 77.6 cm³/mol. The van der Waals surface area contributed by atoms with Gasteiger partial charge in [0.15, 0.2) is 0 Å².